The third-order valence-corrected chi connectivity index (χ3v) is 2.42. The van der Waals surface area contributed by atoms with Gasteiger partial charge in [-0.1, -0.05) is 13.8 Å². The zero-order valence-electron chi connectivity index (χ0n) is 10.9. The third kappa shape index (κ3) is 5.16. The highest BCUT2D eigenvalue weighted by atomic mass is 16.6. The Hall–Kier alpha value is -1.04. The van der Waals surface area contributed by atoms with Crippen LogP contribution in [-0.4, -0.2) is 39.5 Å². The van der Waals surface area contributed by atoms with Crippen molar-refractivity contribution >= 4 is 0 Å². The van der Waals surface area contributed by atoms with Crippen molar-refractivity contribution in [1.29, 1.82) is 0 Å². The average molecular weight is 235 g/mol. The van der Waals surface area contributed by atoms with Gasteiger partial charge in [0.15, 0.2) is 0 Å². The van der Waals surface area contributed by atoms with Crippen LogP contribution >= 0.6 is 0 Å². The van der Waals surface area contributed by atoms with Crippen LogP contribution in [0.4, 0.5) is 0 Å². The van der Waals surface area contributed by atoms with Gasteiger partial charge in [0.2, 0.25) is 5.28 Å². The van der Waals surface area contributed by atoms with Gasteiger partial charge in [0.05, 0.1) is 17.1 Å². The van der Waals surface area contributed by atoms with Gasteiger partial charge in [-0.25, -0.2) is 0 Å². The Morgan fingerprint density at radius 3 is 1.88 bits per heavy atom. The summed E-state index contributed by atoms with van der Waals surface area (Å²) in [6.07, 6.45) is 3.11. The van der Waals surface area contributed by atoms with E-state index in [2.05, 4.69) is 5.28 Å². The van der Waals surface area contributed by atoms with Crippen LogP contribution in [0.15, 0.2) is 5.28 Å². The SMILES string of the molecule is CC.CO.C[C@@H]1CCC[C@H](C)N1/[N+]([O-])=N\O. The lowest BCUT2D eigenvalue weighted by molar-refractivity contribution is -0.725. The smallest absolute Gasteiger partial charge is 0.230 e. The Morgan fingerprint density at radius 1 is 1.19 bits per heavy atom. The molecule has 6 heteroatoms. The molecule has 1 aliphatic heterocycles. The monoisotopic (exact) mass is 235 g/mol. The summed E-state index contributed by atoms with van der Waals surface area (Å²) in [5.41, 5.74) is 0. The Balaban J connectivity index is 0. The van der Waals surface area contributed by atoms with Crippen molar-refractivity contribution in [2.75, 3.05) is 7.11 Å². The maximum atomic E-state index is 11.0. The second-order valence-corrected chi connectivity index (χ2v) is 3.35. The second-order valence-electron chi connectivity index (χ2n) is 3.35. The molecule has 1 heterocycles. The Labute approximate surface area is 97.7 Å². The maximum absolute atomic E-state index is 11.0. The molecule has 0 radical (unpaired) electrons. The molecule has 16 heavy (non-hydrogen) atoms. The largest absolute Gasteiger partial charge is 0.569 e. The molecule has 2 N–H and O–H groups in total. The van der Waals surface area contributed by atoms with E-state index < -0.39 is 0 Å². The average Bonchev–Trinajstić information content (AvgIpc) is 2.33. The quantitative estimate of drug-likeness (QED) is 0.414. The van der Waals surface area contributed by atoms with E-state index in [4.69, 9.17) is 10.3 Å². The molecule has 2 atom stereocenters. The van der Waals surface area contributed by atoms with Crippen molar-refractivity contribution in [2.45, 2.75) is 59.0 Å². The first kappa shape index (κ1) is 17.4. The summed E-state index contributed by atoms with van der Waals surface area (Å²) < 4.78 is 0. The van der Waals surface area contributed by atoms with Crippen LogP contribution in [0.2, 0.25) is 0 Å². The molecule has 0 saturated carbocycles. The molecule has 98 valence electrons. The number of nitrogens with zero attached hydrogens (tertiary/aromatic N) is 3. The molecule has 0 aromatic heterocycles. The van der Waals surface area contributed by atoms with E-state index in [1.807, 2.05) is 27.7 Å². The Bertz CT molecular complexity index is 178. The van der Waals surface area contributed by atoms with E-state index in [-0.39, 0.29) is 17.1 Å². The van der Waals surface area contributed by atoms with E-state index in [1.165, 1.54) is 0 Å². The highest BCUT2D eigenvalue weighted by Gasteiger charge is 2.30. The molecular weight excluding hydrogens is 210 g/mol. The Kier molecular flexibility index (Phi) is 11.4. The van der Waals surface area contributed by atoms with E-state index >= 15 is 0 Å². The molecule has 1 rings (SSSR count). The number of hydrogen-bond acceptors (Lipinski definition) is 3. The summed E-state index contributed by atoms with van der Waals surface area (Å²) in [7, 11) is 1.00. The third-order valence-electron chi connectivity index (χ3n) is 2.42. The van der Waals surface area contributed by atoms with E-state index in [0.29, 0.717) is 0 Å². The van der Waals surface area contributed by atoms with Crippen LogP contribution in [0.25, 0.3) is 0 Å². The number of aliphatic hydroxyl groups excluding tert-OH is 1. The van der Waals surface area contributed by atoms with Gasteiger partial charge in [0.25, 0.3) is 0 Å². The zero-order chi connectivity index (χ0) is 13.1. The van der Waals surface area contributed by atoms with Crippen molar-refractivity contribution in [3.8, 4) is 0 Å². The standard InChI is InChI=1S/C7H15N3O2.C2H6.CH4O/c1-6-4-3-5-7(2)9(6)10(12)8-11;2*1-2/h6-7,11H,3-5H2,1-2H3;1-2H3;2H,1H3/b10-8+;;/t6-,7+;;. The Morgan fingerprint density at radius 2 is 1.56 bits per heavy atom. The van der Waals surface area contributed by atoms with Gasteiger partial charge < -0.3 is 15.5 Å². The number of piperidine rings is 1. The minimum Gasteiger partial charge on any atom is -0.569 e. The topological polar surface area (TPSA) is 82.1 Å². The van der Waals surface area contributed by atoms with Crippen molar-refractivity contribution in [3.05, 3.63) is 5.21 Å². The highest BCUT2D eigenvalue weighted by Crippen LogP contribution is 2.22. The number of hydrogen-bond donors (Lipinski definition) is 2. The van der Waals surface area contributed by atoms with Crippen LogP contribution in [0.1, 0.15) is 47.0 Å². The molecule has 0 amide bonds. The summed E-state index contributed by atoms with van der Waals surface area (Å²) in [5, 5.41) is 30.5. The summed E-state index contributed by atoms with van der Waals surface area (Å²) >= 11 is 0. The van der Waals surface area contributed by atoms with Gasteiger partial charge in [-0.15, -0.1) is 5.01 Å². The molecule has 1 aliphatic rings. The summed E-state index contributed by atoms with van der Waals surface area (Å²) in [4.78, 5) is 0.286. The fraction of sp³-hybridized carbons (Fsp3) is 1.00. The first-order valence-electron chi connectivity index (χ1n) is 5.72. The normalized spacial score (nSPS) is 24.9. The lowest BCUT2D eigenvalue weighted by atomic mass is 10.00. The fourth-order valence-electron chi connectivity index (χ4n) is 1.79. The molecule has 0 aliphatic carbocycles. The first-order valence-corrected chi connectivity index (χ1v) is 5.72. The van der Waals surface area contributed by atoms with Gasteiger partial charge in [0.1, 0.15) is 0 Å². The van der Waals surface area contributed by atoms with Crippen LogP contribution in [0, 0.1) is 5.21 Å². The van der Waals surface area contributed by atoms with E-state index in [9.17, 15) is 5.21 Å². The van der Waals surface area contributed by atoms with Gasteiger partial charge in [-0.2, -0.15) is 0 Å². The second kappa shape index (κ2) is 10.5. The van der Waals surface area contributed by atoms with Crippen molar-refractivity contribution in [2.24, 2.45) is 5.28 Å². The number of hydrazine groups is 1. The highest BCUT2D eigenvalue weighted by molar-refractivity contribution is 4.72. The van der Waals surface area contributed by atoms with Crippen molar-refractivity contribution in [3.63, 3.8) is 0 Å². The minimum absolute atomic E-state index is 0.169. The van der Waals surface area contributed by atoms with Crippen LogP contribution in [-0.2, 0) is 0 Å². The van der Waals surface area contributed by atoms with E-state index in [1.54, 1.807) is 5.01 Å². The first-order chi connectivity index (χ1) is 7.66. The van der Waals surface area contributed by atoms with Gasteiger partial charge in [-0.3, -0.25) is 0 Å². The van der Waals surface area contributed by atoms with Gasteiger partial charge >= 0.3 is 0 Å². The molecule has 0 bridgehead atoms. The number of aliphatic hydroxyl groups is 1. The fourth-order valence-corrected chi connectivity index (χ4v) is 1.79. The molecular formula is C10H25N3O3. The molecule has 6 nitrogen and oxygen atoms in total. The van der Waals surface area contributed by atoms with Crippen molar-refractivity contribution < 1.29 is 15.3 Å². The van der Waals surface area contributed by atoms with Crippen LogP contribution in [0.5, 0.6) is 0 Å². The maximum Gasteiger partial charge on any atom is 0.230 e. The summed E-state index contributed by atoms with van der Waals surface area (Å²) in [6.45, 7) is 7.93. The predicted molar refractivity (Wildman–Crippen MR) is 61.9 cm³/mol. The zero-order valence-corrected chi connectivity index (χ0v) is 10.9. The predicted octanol–water partition coefficient (Wildman–Crippen LogP) is 2.15. The lowest BCUT2D eigenvalue weighted by Gasteiger charge is -2.33. The van der Waals surface area contributed by atoms with Crippen molar-refractivity contribution in [1.82, 2.24) is 5.01 Å². The number of rotatable bonds is 1. The molecule has 1 saturated heterocycles. The minimum atomic E-state index is 0.169. The summed E-state index contributed by atoms with van der Waals surface area (Å²) in [6, 6.07) is 0.337. The molecule has 1 fully saturated rings. The van der Waals surface area contributed by atoms with Crippen LogP contribution in [0.3, 0.4) is 0 Å². The summed E-state index contributed by atoms with van der Waals surface area (Å²) in [5.74, 6) is 0. The van der Waals surface area contributed by atoms with E-state index in [0.717, 1.165) is 26.4 Å². The lowest BCUT2D eigenvalue weighted by Crippen LogP contribution is -2.47. The van der Waals surface area contributed by atoms with Gasteiger partial charge in [0, 0.05) is 7.11 Å². The van der Waals surface area contributed by atoms with Gasteiger partial charge in [-0.05, 0) is 33.1 Å². The molecule has 0 aromatic rings. The molecule has 0 aromatic carbocycles. The molecule has 0 unspecified atom stereocenters. The molecule has 0 spiro atoms. The van der Waals surface area contributed by atoms with Crippen LogP contribution < -0.4 is 0 Å².